The summed E-state index contributed by atoms with van der Waals surface area (Å²) < 4.78 is 5.52. The van der Waals surface area contributed by atoms with Crippen LogP contribution in [-0.4, -0.2) is 42.3 Å². The van der Waals surface area contributed by atoms with Crippen LogP contribution in [0.5, 0.6) is 0 Å². The lowest BCUT2D eigenvalue weighted by atomic mass is 9.83. The molecule has 1 amide bonds. The predicted molar refractivity (Wildman–Crippen MR) is 71.5 cm³/mol. The van der Waals surface area contributed by atoms with E-state index in [-0.39, 0.29) is 6.09 Å². The van der Waals surface area contributed by atoms with Gasteiger partial charge in [0.25, 0.3) is 0 Å². The van der Waals surface area contributed by atoms with Gasteiger partial charge in [-0.1, -0.05) is 12.8 Å². The fourth-order valence-corrected chi connectivity index (χ4v) is 3.31. The average molecular weight is 254 g/mol. The number of hydrogen-bond acceptors (Lipinski definition) is 3. The first-order valence-corrected chi connectivity index (χ1v) is 7.09. The van der Waals surface area contributed by atoms with Gasteiger partial charge >= 0.3 is 6.09 Å². The smallest absolute Gasteiger partial charge is 0.410 e. The van der Waals surface area contributed by atoms with Crippen molar-refractivity contribution >= 4 is 6.09 Å². The summed E-state index contributed by atoms with van der Waals surface area (Å²) in [6.45, 7) is 6.57. The molecule has 18 heavy (non-hydrogen) atoms. The molecule has 104 valence electrons. The van der Waals surface area contributed by atoms with Crippen molar-refractivity contribution in [1.29, 1.82) is 0 Å². The number of ether oxygens (including phenoxy) is 1. The van der Waals surface area contributed by atoms with Crippen LogP contribution in [0.4, 0.5) is 4.79 Å². The van der Waals surface area contributed by atoms with Crippen molar-refractivity contribution in [3.05, 3.63) is 0 Å². The summed E-state index contributed by atoms with van der Waals surface area (Å²) in [5.74, 6) is 0.608. The van der Waals surface area contributed by atoms with Gasteiger partial charge in [-0.05, 0) is 46.6 Å². The summed E-state index contributed by atoms with van der Waals surface area (Å²) in [7, 11) is 1.99. The Balaban J connectivity index is 2.06. The van der Waals surface area contributed by atoms with E-state index in [1.165, 1.54) is 19.3 Å². The van der Waals surface area contributed by atoms with Crippen LogP contribution in [-0.2, 0) is 4.74 Å². The van der Waals surface area contributed by atoms with E-state index >= 15 is 0 Å². The van der Waals surface area contributed by atoms with Crippen molar-refractivity contribution in [1.82, 2.24) is 10.2 Å². The number of likely N-dealkylation sites (N-methyl/N-ethyl adjacent to an activating group) is 1. The van der Waals surface area contributed by atoms with E-state index in [0.717, 1.165) is 13.0 Å². The van der Waals surface area contributed by atoms with Crippen LogP contribution in [0.25, 0.3) is 0 Å². The molecule has 3 atom stereocenters. The molecule has 4 heteroatoms. The molecule has 0 aromatic rings. The Bertz CT molecular complexity index is 311. The van der Waals surface area contributed by atoms with Crippen molar-refractivity contribution in [3.63, 3.8) is 0 Å². The summed E-state index contributed by atoms with van der Waals surface area (Å²) in [5, 5.41) is 3.36. The monoisotopic (exact) mass is 254 g/mol. The quantitative estimate of drug-likeness (QED) is 0.781. The summed E-state index contributed by atoms with van der Waals surface area (Å²) in [4.78, 5) is 14.2. The number of fused-ring (bicyclic) bond motifs is 1. The molecule has 0 aromatic heterocycles. The van der Waals surface area contributed by atoms with Gasteiger partial charge < -0.3 is 15.0 Å². The number of rotatable bonds is 1. The number of carbonyl (C=O) groups excluding carboxylic acids is 1. The van der Waals surface area contributed by atoms with E-state index in [9.17, 15) is 4.79 Å². The molecule has 3 unspecified atom stereocenters. The van der Waals surface area contributed by atoms with Crippen LogP contribution < -0.4 is 5.32 Å². The fourth-order valence-electron chi connectivity index (χ4n) is 3.31. The highest BCUT2D eigenvalue weighted by atomic mass is 16.6. The second-order valence-electron chi connectivity index (χ2n) is 6.54. The lowest BCUT2D eigenvalue weighted by Gasteiger charge is -2.33. The lowest BCUT2D eigenvalue weighted by Crippen LogP contribution is -2.42. The second-order valence-corrected chi connectivity index (χ2v) is 6.54. The maximum Gasteiger partial charge on any atom is 0.410 e. The Hall–Kier alpha value is -0.770. The van der Waals surface area contributed by atoms with E-state index in [4.69, 9.17) is 4.74 Å². The molecule has 1 saturated carbocycles. The van der Waals surface area contributed by atoms with Gasteiger partial charge in [-0.15, -0.1) is 0 Å². The minimum Gasteiger partial charge on any atom is -0.444 e. The van der Waals surface area contributed by atoms with Crippen LogP contribution in [0, 0.1) is 5.92 Å². The summed E-state index contributed by atoms with van der Waals surface area (Å²) in [6, 6.07) is 0.814. The number of nitrogens with one attached hydrogen (secondary N) is 1. The number of amides is 1. The first kappa shape index (κ1) is 13.7. The molecule has 0 spiro atoms. The van der Waals surface area contributed by atoms with Crippen LogP contribution >= 0.6 is 0 Å². The molecule has 1 N–H and O–H groups in total. The molecule has 2 rings (SSSR count). The van der Waals surface area contributed by atoms with Crippen molar-refractivity contribution < 1.29 is 9.53 Å². The molecule has 1 saturated heterocycles. The third-order valence-corrected chi connectivity index (χ3v) is 4.09. The molecule has 0 aromatic carbocycles. The van der Waals surface area contributed by atoms with Gasteiger partial charge in [0.15, 0.2) is 0 Å². The van der Waals surface area contributed by atoms with Gasteiger partial charge in [-0.3, -0.25) is 0 Å². The predicted octanol–water partition coefficient (Wildman–Crippen LogP) is 2.38. The highest BCUT2D eigenvalue weighted by Gasteiger charge is 2.45. The van der Waals surface area contributed by atoms with E-state index in [2.05, 4.69) is 5.32 Å². The number of likely N-dealkylation sites (tertiary alicyclic amines) is 1. The van der Waals surface area contributed by atoms with Gasteiger partial charge in [0, 0.05) is 18.6 Å². The number of nitrogens with zero attached hydrogens (tertiary/aromatic N) is 1. The second kappa shape index (κ2) is 5.08. The molecule has 1 aliphatic carbocycles. The Labute approximate surface area is 110 Å². The minimum atomic E-state index is -0.404. The molecule has 2 aliphatic rings. The van der Waals surface area contributed by atoms with Gasteiger partial charge in [-0.25, -0.2) is 4.79 Å². The molecule has 1 heterocycles. The third kappa shape index (κ3) is 2.79. The molecular weight excluding hydrogens is 228 g/mol. The molecule has 1 aliphatic heterocycles. The van der Waals surface area contributed by atoms with Crippen molar-refractivity contribution in [2.75, 3.05) is 13.6 Å². The summed E-state index contributed by atoms with van der Waals surface area (Å²) in [6.07, 6.45) is 4.74. The zero-order valence-corrected chi connectivity index (χ0v) is 12.0. The first-order chi connectivity index (χ1) is 8.42. The fraction of sp³-hybridized carbons (Fsp3) is 0.929. The Morgan fingerprint density at radius 1 is 1.28 bits per heavy atom. The van der Waals surface area contributed by atoms with Gasteiger partial charge in [0.05, 0.1) is 0 Å². The first-order valence-electron chi connectivity index (χ1n) is 7.09. The Morgan fingerprint density at radius 3 is 2.56 bits per heavy atom. The maximum atomic E-state index is 12.3. The maximum absolute atomic E-state index is 12.3. The minimum absolute atomic E-state index is 0.142. The topological polar surface area (TPSA) is 41.6 Å². The molecule has 2 fully saturated rings. The highest BCUT2D eigenvalue weighted by molar-refractivity contribution is 5.69. The normalized spacial score (nSPS) is 32.2. The molecular formula is C14H26N2O2. The Morgan fingerprint density at radius 2 is 1.94 bits per heavy atom. The molecule has 0 radical (unpaired) electrons. The summed E-state index contributed by atoms with van der Waals surface area (Å²) in [5.41, 5.74) is -0.404. The zero-order chi connectivity index (χ0) is 13.3. The van der Waals surface area contributed by atoms with Crippen molar-refractivity contribution in [2.24, 2.45) is 5.92 Å². The van der Waals surface area contributed by atoms with Crippen molar-refractivity contribution in [2.45, 2.75) is 64.1 Å². The van der Waals surface area contributed by atoms with E-state index in [0.29, 0.717) is 18.0 Å². The Kier molecular flexibility index (Phi) is 3.85. The summed E-state index contributed by atoms with van der Waals surface area (Å²) >= 11 is 0. The number of hydrogen-bond donors (Lipinski definition) is 1. The van der Waals surface area contributed by atoms with Crippen LogP contribution in [0.2, 0.25) is 0 Å². The van der Waals surface area contributed by atoms with E-state index < -0.39 is 5.60 Å². The molecule has 4 nitrogen and oxygen atoms in total. The van der Waals surface area contributed by atoms with Crippen molar-refractivity contribution in [3.8, 4) is 0 Å². The van der Waals surface area contributed by atoms with Crippen LogP contribution in [0.15, 0.2) is 0 Å². The highest BCUT2D eigenvalue weighted by Crippen LogP contribution is 2.37. The average Bonchev–Trinajstić information content (AvgIpc) is 2.65. The number of carbonyl (C=O) groups is 1. The van der Waals surface area contributed by atoms with Crippen LogP contribution in [0.1, 0.15) is 46.5 Å². The lowest BCUT2D eigenvalue weighted by molar-refractivity contribution is 0.0182. The van der Waals surface area contributed by atoms with E-state index in [1.54, 1.807) is 0 Å². The third-order valence-electron chi connectivity index (χ3n) is 4.09. The van der Waals surface area contributed by atoms with Gasteiger partial charge in [0.2, 0.25) is 0 Å². The SMILES string of the molecule is CNC1CN(C(=O)OC(C)(C)C)C2CCCCC12. The standard InChI is InChI=1S/C14H26N2O2/c1-14(2,3)18-13(17)16-9-11(15-4)10-7-5-6-8-12(10)16/h10-12,15H,5-9H2,1-4H3. The van der Waals surface area contributed by atoms with Gasteiger partial charge in [-0.2, -0.15) is 0 Å². The van der Waals surface area contributed by atoms with Gasteiger partial charge in [0.1, 0.15) is 5.60 Å². The largest absolute Gasteiger partial charge is 0.444 e. The zero-order valence-electron chi connectivity index (χ0n) is 12.0. The van der Waals surface area contributed by atoms with Crippen LogP contribution in [0.3, 0.4) is 0 Å². The molecule has 0 bridgehead atoms. The van der Waals surface area contributed by atoms with E-state index in [1.807, 2.05) is 32.7 Å².